The highest BCUT2D eigenvalue weighted by Crippen LogP contribution is 2.35. The van der Waals surface area contributed by atoms with E-state index in [-0.39, 0.29) is 34.6 Å². The minimum absolute atomic E-state index is 0.0699. The number of nitrogens with zero attached hydrogens (tertiary/aromatic N) is 1. The molecule has 6 aromatic carbocycles. The van der Waals surface area contributed by atoms with Gasteiger partial charge < -0.3 is 24.1 Å². The normalized spacial score (nSPS) is 12.2. The number of hydrogen-bond acceptors (Lipinski definition) is 10. The van der Waals surface area contributed by atoms with E-state index >= 15 is 0 Å². The SMILES string of the molecule is COC(=O)Nc1ccc(C(CN(Cc2ccccc2)C(Oc2ccc(OCc3ccccc3)c(NS(=O)(=O)c3ccccc3)c2)C(C)O)c2ccc(NC(=O)OC)cc2)cc1. The third kappa shape index (κ3) is 12.3. The van der Waals surface area contributed by atoms with Crippen LogP contribution in [0.15, 0.2) is 163 Å². The molecule has 0 heterocycles. The van der Waals surface area contributed by atoms with E-state index in [0.717, 1.165) is 22.3 Å². The first-order valence-electron chi connectivity index (χ1n) is 19.4. The number of benzene rings is 6. The fourth-order valence-corrected chi connectivity index (χ4v) is 7.68. The molecule has 316 valence electrons. The molecular weight excluding hydrogens is 797 g/mol. The number of aliphatic hydroxyl groups excluding tert-OH is 1. The van der Waals surface area contributed by atoms with E-state index in [1.807, 2.05) is 89.8 Å². The highest BCUT2D eigenvalue weighted by Gasteiger charge is 2.30. The summed E-state index contributed by atoms with van der Waals surface area (Å²) in [6.07, 6.45) is -3.22. The number of carbonyl (C=O) groups excluding carboxylic acids is 2. The second kappa shape index (κ2) is 20.9. The molecule has 13 nitrogen and oxygen atoms in total. The van der Waals surface area contributed by atoms with Crippen molar-refractivity contribution in [1.82, 2.24) is 4.90 Å². The zero-order valence-corrected chi connectivity index (χ0v) is 34.7. The predicted molar refractivity (Wildman–Crippen MR) is 234 cm³/mol. The number of aliphatic hydroxyl groups is 1. The van der Waals surface area contributed by atoms with Crippen molar-refractivity contribution in [3.63, 3.8) is 0 Å². The molecule has 2 amide bonds. The fraction of sp³-hybridized carbons (Fsp3) is 0.191. The van der Waals surface area contributed by atoms with Crippen LogP contribution in [0.4, 0.5) is 26.7 Å². The Balaban J connectivity index is 1.37. The number of amides is 2. The lowest BCUT2D eigenvalue weighted by atomic mass is 9.90. The monoisotopic (exact) mass is 844 g/mol. The van der Waals surface area contributed by atoms with Gasteiger partial charge in [-0.1, -0.05) is 103 Å². The number of carbonyl (C=O) groups is 2. The summed E-state index contributed by atoms with van der Waals surface area (Å²) < 4.78 is 52.3. The van der Waals surface area contributed by atoms with Gasteiger partial charge in [0.2, 0.25) is 0 Å². The summed E-state index contributed by atoms with van der Waals surface area (Å²) in [5.41, 5.74) is 4.82. The van der Waals surface area contributed by atoms with E-state index in [9.17, 15) is 23.1 Å². The maximum absolute atomic E-state index is 13.6. The van der Waals surface area contributed by atoms with Crippen LogP contribution in [-0.4, -0.2) is 63.7 Å². The first-order valence-corrected chi connectivity index (χ1v) is 20.9. The fourth-order valence-electron chi connectivity index (χ4n) is 6.59. The Morgan fingerprint density at radius 1 is 0.672 bits per heavy atom. The van der Waals surface area contributed by atoms with Gasteiger partial charge in [-0.15, -0.1) is 0 Å². The smallest absolute Gasteiger partial charge is 0.411 e. The molecule has 14 heteroatoms. The van der Waals surface area contributed by atoms with Crippen molar-refractivity contribution in [2.75, 3.05) is 36.1 Å². The molecule has 2 unspecified atom stereocenters. The summed E-state index contributed by atoms with van der Waals surface area (Å²) >= 11 is 0. The van der Waals surface area contributed by atoms with Crippen LogP contribution in [0.5, 0.6) is 11.5 Å². The van der Waals surface area contributed by atoms with E-state index in [2.05, 4.69) is 15.4 Å². The Labute approximate surface area is 355 Å². The van der Waals surface area contributed by atoms with E-state index in [4.69, 9.17) is 18.9 Å². The summed E-state index contributed by atoms with van der Waals surface area (Å²) in [4.78, 5) is 26.0. The summed E-state index contributed by atoms with van der Waals surface area (Å²) in [6.45, 7) is 2.48. The van der Waals surface area contributed by atoms with Crippen molar-refractivity contribution in [2.24, 2.45) is 0 Å². The molecule has 61 heavy (non-hydrogen) atoms. The Bertz CT molecular complexity index is 2380. The molecular formula is C47H48N4O9S. The molecule has 0 aliphatic carbocycles. The van der Waals surface area contributed by atoms with Crippen molar-refractivity contribution in [2.45, 2.75) is 43.2 Å². The van der Waals surface area contributed by atoms with Crippen LogP contribution in [0, 0.1) is 0 Å². The van der Waals surface area contributed by atoms with Crippen molar-refractivity contribution < 1.29 is 42.1 Å². The number of anilines is 3. The van der Waals surface area contributed by atoms with Gasteiger partial charge in [-0.3, -0.25) is 20.3 Å². The first-order chi connectivity index (χ1) is 29.5. The molecule has 0 aromatic heterocycles. The molecule has 4 N–H and O–H groups in total. The van der Waals surface area contributed by atoms with Gasteiger partial charge in [0.05, 0.1) is 24.8 Å². The van der Waals surface area contributed by atoms with E-state index < -0.39 is 34.5 Å². The number of rotatable bonds is 18. The van der Waals surface area contributed by atoms with Crippen LogP contribution in [0.2, 0.25) is 0 Å². The lowest BCUT2D eigenvalue weighted by Gasteiger charge is -2.36. The molecule has 6 aromatic rings. The zero-order chi connectivity index (χ0) is 43.2. The molecule has 0 spiro atoms. The van der Waals surface area contributed by atoms with Crippen LogP contribution in [0.25, 0.3) is 0 Å². The van der Waals surface area contributed by atoms with Crippen LogP contribution < -0.4 is 24.8 Å². The lowest BCUT2D eigenvalue weighted by Crippen LogP contribution is -2.48. The minimum Gasteiger partial charge on any atom is -0.487 e. The number of hydrogen-bond donors (Lipinski definition) is 4. The quantitative estimate of drug-likeness (QED) is 0.0615. The van der Waals surface area contributed by atoms with Gasteiger partial charge in [0.15, 0.2) is 6.23 Å². The van der Waals surface area contributed by atoms with Crippen molar-refractivity contribution in [1.29, 1.82) is 0 Å². The van der Waals surface area contributed by atoms with Crippen molar-refractivity contribution >= 4 is 39.3 Å². The molecule has 2 atom stereocenters. The van der Waals surface area contributed by atoms with Crippen LogP contribution in [0.1, 0.15) is 35.1 Å². The molecule has 0 bridgehead atoms. The standard InChI is InChI=1S/C47H48N4O9S/c1-33(52)45(60-40-27-28-44(59-32-35-15-9-5-10-16-35)43(29-40)50-61(55,56)41-17-11-6-12-18-41)51(30-34-13-7-4-8-14-34)31-42(36-19-23-38(24-20-36)48-46(53)57-2)37-21-25-39(26-22-37)49-47(54)58-3/h4-29,33,42,45,50,52H,30-32H2,1-3H3,(H,48,53)(H,49,54). The lowest BCUT2D eigenvalue weighted by molar-refractivity contribution is -0.0638. The Morgan fingerprint density at radius 2 is 1.18 bits per heavy atom. The van der Waals surface area contributed by atoms with Crippen LogP contribution in [-0.2, 0) is 32.6 Å². The molecule has 0 fully saturated rings. The highest BCUT2D eigenvalue weighted by molar-refractivity contribution is 7.92. The minimum atomic E-state index is -4.04. The number of ether oxygens (including phenoxy) is 4. The summed E-state index contributed by atoms with van der Waals surface area (Å²) in [5, 5.41) is 16.9. The molecule has 0 radical (unpaired) electrons. The first kappa shape index (κ1) is 43.7. The maximum Gasteiger partial charge on any atom is 0.411 e. The predicted octanol–water partition coefficient (Wildman–Crippen LogP) is 8.84. The number of sulfonamides is 1. The Morgan fingerprint density at radius 3 is 1.69 bits per heavy atom. The van der Waals surface area contributed by atoms with Gasteiger partial charge in [-0.2, -0.15) is 0 Å². The van der Waals surface area contributed by atoms with Gasteiger partial charge in [-0.25, -0.2) is 18.0 Å². The van der Waals surface area contributed by atoms with Gasteiger partial charge in [0, 0.05) is 36.4 Å². The largest absolute Gasteiger partial charge is 0.487 e. The topological polar surface area (TPSA) is 165 Å². The van der Waals surface area contributed by atoms with Gasteiger partial charge in [0.1, 0.15) is 24.2 Å². The van der Waals surface area contributed by atoms with E-state index in [1.165, 1.54) is 26.4 Å². The third-order valence-electron chi connectivity index (χ3n) is 9.65. The van der Waals surface area contributed by atoms with E-state index in [0.29, 0.717) is 24.5 Å². The number of nitrogens with one attached hydrogen (secondary N) is 3. The third-order valence-corrected chi connectivity index (χ3v) is 11.0. The molecule has 0 saturated heterocycles. The molecule has 0 aliphatic rings. The van der Waals surface area contributed by atoms with Crippen molar-refractivity contribution in [3.8, 4) is 11.5 Å². The van der Waals surface area contributed by atoms with Crippen LogP contribution >= 0.6 is 0 Å². The summed E-state index contributed by atoms with van der Waals surface area (Å²) in [5.74, 6) is 0.213. The highest BCUT2D eigenvalue weighted by atomic mass is 32.2. The number of methoxy groups -OCH3 is 2. The zero-order valence-electron chi connectivity index (χ0n) is 33.9. The average Bonchev–Trinajstić information content (AvgIpc) is 3.28. The van der Waals surface area contributed by atoms with E-state index in [1.54, 1.807) is 67.6 Å². The Kier molecular flexibility index (Phi) is 15.0. The second-order valence-corrected chi connectivity index (χ2v) is 15.7. The maximum atomic E-state index is 13.6. The van der Waals surface area contributed by atoms with Gasteiger partial charge >= 0.3 is 12.2 Å². The molecule has 6 rings (SSSR count). The second-order valence-electron chi connectivity index (χ2n) is 14.0. The summed E-state index contributed by atoms with van der Waals surface area (Å²) in [7, 11) is -1.46. The van der Waals surface area contributed by atoms with Gasteiger partial charge in [-0.05, 0) is 77.7 Å². The average molecular weight is 845 g/mol. The van der Waals surface area contributed by atoms with Crippen molar-refractivity contribution in [3.05, 3.63) is 180 Å². The van der Waals surface area contributed by atoms with Gasteiger partial charge in [0.25, 0.3) is 10.0 Å². The molecule has 0 aliphatic heterocycles. The summed E-state index contributed by atoms with van der Waals surface area (Å²) in [6, 6.07) is 46.8. The Hall–Kier alpha value is -6.87. The molecule has 0 saturated carbocycles. The van der Waals surface area contributed by atoms with Crippen LogP contribution in [0.3, 0.4) is 0 Å².